The van der Waals surface area contributed by atoms with E-state index in [2.05, 4.69) is 27.9 Å². The Hall–Kier alpha value is -2.15. The normalized spacial score (nSPS) is 10.6. The second-order valence-corrected chi connectivity index (χ2v) is 6.07. The lowest BCUT2D eigenvalue weighted by molar-refractivity contribution is -0.115. The van der Waals surface area contributed by atoms with Gasteiger partial charge in [0.1, 0.15) is 5.58 Å². The summed E-state index contributed by atoms with van der Waals surface area (Å²) in [6.07, 6.45) is -0.0147. The monoisotopic (exact) mass is 405 g/mol. The summed E-state index contributed by atoms with van der Waals surface area (Å²) in [6.45, 7) is 0. The standard InChI is InChI=1S/C17H12INO3/c18-13-5-7-14(8-6-13)19-16(20)10-12-9-11-3-1-2-4-15(11)22-17(12)21/h1-9H,10H2,(H,19,20). The lowest BCUT2D eigenvalue weighted by Gasteiger charge is -2.05. The third-order valence-corrected chi connectivity index (χ3v) is 3.91. The smallest absolute Gasteiger partial charge is 0.339 e. The lowest BCUT2D eigenvalue weighted by Crippen LogP contribution is -2.19. The largest absolute Gasteiger partial charge is 0.423 e. The van der Waals surface area contributed by atoms with Crippen LogP contribution in [0.5, 0.6) is 0 Å². The van der Waals surface area contributed by atoms with Crippen LogP contribution in [0.1, 0.15) is 5.56 Å². The van der Waals surface area contributed by atoms with E-state index in [0.717, 1.165) is 8.96 Å². The minimum Gasteiger partial charge on any atom is -0.423 e. The Kier molecular flexibility index (Phi) is 4.24. The predicted molar refractivity (Wildman–Crippen MR) is 94.0 cm³/mol. The highest BCUT2D eigenvalue weighted by atomic mass is 127. The molecule has 1 N–H and O–H groups in total. The van der Waals surface area contributed by atoms with Gasteiger partial charge in [-0.25, -0.2) is 4.79 Å². The number of rotatable bonds is 3. The summed E-state index contributed by atoms with van der Waals surface area (Å²) in [5.41, 5.74) is 1.10. The molecular weight excluding hydrogens is 393 g/mol. The predicted octanol–water partition coefficient (Wildman–Crippen LogP) is 3.58. The minimum absolute atomic E-state index is 0.0147. The van der Waals surface area contributed by atoms with Gasteiger partial charge in [0.15, 0.2) is 0 Å². The van der Waals surface area contributed by atoms with Crippen LogP contribution in [0.25, 0.3) is 11.0 Å². The number of carbonyl (C=O) groups excluding carboxylic acids is 1. The summed E-state index contributed by atoms with van der Waals surface area (Å²) in [5.74, 6) is -0.246. The molecule has 0 unspecified atom stereocenters. The van der Waals surface area contributed by atoms with E-state index in [1.165, 1.54) is 0 Å². The average molecular weight is 405 g/mol. The minimum atomic E-state index is -0.475. The molecule has 0 aliphatic heterocycles. The molecular formula is C17H12INO3. The zero-order chi connectivity index (χ0) is 15.5. The molecule has 0 aliphatic carbocycles. The van der Waals surface area contributed by atoms with Gasteiger partial charge >= 0.3 is 5.63 Å². The maximum absolute atomic E-state index is 12.1. The van der Waals surface area contributed by atoms with E-state index in [9.17, 15) is 9.59 Å². The van der Waals surface area contributed by atoms with Crippen LogP contribution in [0.15, 0.2) is 63.8 Å². The maximum Gasteiger partial charge on any atom is 0.339 e. The van der Waals surface area contributed by atoms with Crippen LogP contribution in [-0.4, -0.2) is 5.91 Å². The Balaban J connectivity index is 1.80. The fraction of sp³-hybridized carbons (Fsp3) is 0.0588. The first-order valence-corrected chi connectivity index (χ1v) is 7.77. The molecule has 0 saturated carbocycles. The van der Waals surface area contributed by atoms with Gasteiger partial charge in [-0.2, -0.15) is 0 Å². The molecule has 4 nitrogen and oxygen atoms in total. The number of hydrogen-bond donors (Lipinski definition) is 1. The fourth-order valence-electron chi connectivity index (χ4n) is 2.14. The Morgan fingerprint density at radius 1 is 1.09 bits per heavy atom. The first-order valence-electron chi connectivity index (χ1n) is 6.69. The third-order valence-electron chi connectivity index (χ3n) is 3.19. The first-order chi connectivity index (χ1) is 10.6. The van der Waals surface area contributed by atoms with Crippen molar-refractivity contribution in [3.05, 3.63) is 74.2 Å². The molecule has 3 rings (SSSR count). The van der Waals surface area contributed by atoms with Crippen LogP contribution in [-0.2, 0) is 11.2 Å². The topological polar surface area (TPSA) is 59.3 Å². The van der Waals surface area contributed by atoms with Crippen LogP contribution in [0.3, 0.4) is 0 Å². The van der Waals surface area contributed by atoms with Crippen LogP contribution < -0.4 is 10.9 Å². The van der Waals surface area contributed by atoms with Crippen molar-refractivity contribution in [2.24, 2.45) is 0 Å². The van der Waals surface area contributed by atoms with Crippen LogP contribution >= 0.6 is 22.6 Å². The Labute approximate surface area is 140 Å². The van der Waals surface area contributed by atoms with Gasteiger partial charge in [-0.3, -0.25) is 4.79 Å². The van der Waals surface area contributed by atoms with Gasteiger partial charge in [-0.05, 0) is 59.0 Å². The van der Waals surface area contributed by atoms with Gasteiger partial charge in [0.05, 0.1) is 6.42 Å². The zero-order valence-electron chi connectivity index (χ0n) is 11.5. The summed E-state index contributed by atoms with van der Waals surface area (Å²) in [5, 5.41) is 3.57. The number of carbonyl (C=O) groups is 1. The van der Waals surface area contributed by atoms with E-state index in [1.54, 1.807) is 18.2 Å². The number of fused-ring (bicyclic) bond motifs is 1. The molecule has 2 aromatic carbocycles. The number of benzene rings is 2. The zero-order valence-corrected chi connectivity index (χ0v) is 13.7. The molecule has 1 heterocycles. The highest BCUT2D eigenvalue weighted by molar-refractivity contribution is 14.1. The van der Waals surface area contributed by atoms with E-state index < -0.39 is 5.63 Å². The molecule has 5 heteroatoms. The van der Waals surface area contributed by atoms with Crippen molar-refractivity contribution in [2.75, 3.05) is 5.32 Å². The third kappa shape index (κ3) is 3.36. The van der Waals surface area contributed by atoms with Crippen LogP contribution in [0.4, 0.5) is 5.69 Å². The summed E-state index contributed by atoms with van der Waals surface area (Å²) in [6, 6.07) is 16.4. The first kappa shape index (κ1) is 14.8. The molecule has 0 bridgehead atoms. The number of amides is 1. The second kappa shape index (κ2) is 6.31. The van der Waals surface area contributed by atoms with E-state index in [4.69, 9.17) is 4.42 Å². The van der Waals surface area contributed by atoms with Crippen molar-refractivity contribution in [1.82, 2.24) is 0 Å². The quantitative estimate of drug-likeness (QED) is 0.536. The Morgan fingerprint density at radius 2 is 1.82 bits per heavy atom. The van der Waals surface area contributed by atoms with Gasteiger partial charge in [0, 0.05) is 20.2 Å². The van der Waals surface area contributed by atoms with E-state index >= 15 is 0 Å². The van der Waals surface area contributed by atoms with Crippen LogP contribution in [0.2, 0.25) is 0 Å². The number of anilines is 1. The summed E-state index contributed by atoms with van der Waals surface area (Å²) < 4.78 is 6.31. The molecule has 0 atom stereocenters. The summed E-state index contributed by atoms with van der Waals surface area (Å²) in [4.78, 5) is 24.0. The maximum atomic E-state index is 12.1. The van der Waals surface area contributed by atoms with Crippen molar-refractivity contribution in [1.29, 1.82) is 0 Å². The Morgan fingerprint density at radius 3 is 2.59 bits per heavy atom. The van der Waals surface area contributed by atoms with Crippen molar-refractivity contribution in [2.45, 2.75) is 6.42 Å². The van der Waals surface area contributed by atoms with Crippen molar-refractivity contribution >= 4 is 45.2 Å². The lowest BCUT2D eigenvalue weighted by atomic mass is 10.1. The number of halogens is 1. The van der Waals surface area contributed by atoms with Crippen LogP contribution in [0, 0.1) is 3.57 Å². The van der Waals surface area contributed by atoms with E-state index in [1.807, 2.05) is 36.4 Å². The molecule has 110 valence electrons. The van der Waals surface area contributed by atoms with Crippen molar-refractivity contribution < 1.29 is 9.21 Å². The molecule has 0 aliphatic rings. The molecule has 0 fully saturated rings. The van der Waals surface area contributed by atoms with Crippen molar-refractivity contribution in [3.8, 4) is 0 Å². The number of hydrogen-bond acceptors (Lipinski definition) is 3. The second-order valence-electron chi connectivity index (χ2n) is 4.83. The molecule has 0 radical (unpaired) electrons. The van der Waals surface area contributed by atoms with Gasteiger partial charge in [0.2, 0.25) is 5.91 Å². The van der Waals surface area contributed by atoms with Crippen molar-refractivity contribution in [3.63, 3.8) is 0 Å². The Bertz CT molecular complexity index is 884. The molecule has 1 amide bonds. The van der Waals surface area contributed by atoms with Gasteiger partial charge in [0.25, 0.3) is 0 Å². The van der Waals surface area contributed by atoms with E-state index in [0.29, 0.717) is 16.8 Å². The molecule has 0 saturated heterocycles. The van der Waals surface area contributed by atoms with Gasteiger partial charge in [-0.1, -0.05) is 18.2 Å². The molecule has 1 aromatic heterocycles. The number of para-hydroxylation sites is 1. The molecule has 0 spiro atoms. The van der Waals surface area contributed by atoms with E-state index in [-0.39, 0.29) is 12.3 Å². The summed E-state index contributed by atoms with van der Waals surface area (Å²) >= 11 is 2.19. The van der Waals surface area contributed by atoms with Gasteiger partial charge < -0.3 is 9.73 Å². The molecule has 3 aromatic rings. The average Bonchev–Trinajstić information content (AvgIpc) is 2.50. The fourth-order valence-corrected chi connectivity index (χ4v) is 2.50. The van der Waals surface area contributed by atoms with Gasteiger partial charge in [-0.15, -0.1) is 0 Å². The highest BCUT2D eigenvalue weighted by Crippen LogP contribution is 2.14. The SMILES string of the molecule is O=C(Cc1cc2ccccc2oc1=O)Nc1ccc(I)cc1. The summed E-state index contributed by atoms with van der Waals surface area (Å²) in [7, 11) is 0. The number of nitrogens with one attached hydrogen (secondary N) is 1. The molecule has 22 heavy (non-hydrogen) atoms. The highest BCUT2D eigenvalue weighted by Gasteiger charge is 2.10.